The number of aryl methyl sites for hydroxylation is 1. The number of rotatable bonds is 5. The van der Waals surface area contributed by atoms with Gasteiger partial charge in [-0.2, -0.15) is 0 Å². The predicted molar refractivity (Wildman–Crippen MR) is 85.8 cm³/mol. The highest BCUT2D eigenvalue weighted by Crippen LogP contribution is 2.18. The van der Waals surface area contributed by atoms with Gasteiger partial charge in [0.25, 0.3) is 0 Å². The molecule has 2 aromatic rings. The lowest BCUT2D eigenvalue weighted by atomic mass is 10.1. The summed E-state index contributed by atoms with van der Waals surface area (Å²) in [6.07, 6.45) is 4.20. The molecule has 1 fully saturated rings. The number of carbonyl (C=O) groups excluding carboxylic acids is 1. The summed E-state index contributed by atoms with van der Waals surface area (Å²) in [5.41, 5.74) is 0.771. The number of carbonyl (C=O) groups is 1. The molecule has 0 unspecified atom stereocenters. The molecule has 1 aromatic heterocycles. The van der Waals surface area contributed by atoms with Gasteiger partial charge >= 0.3 is 0 Å². The molecule has 0 aliphatic carbocycles. The summed E-state index contributed by atoms with van der Waals surface area (Å²) in [5.74, 6) is 0.182. The first-order valence-corrected chi connectivity index (χ1v) is 7.75. The van der Waals surface area contributed by atoms with E-state index >= 15 is 0 Å². The van der Waals surface area contributed by atoms with Gasteiger partial charge in [0.2, 0.25) is 11.9 Å². The summed E-state index contributed by atoms with van der Waals surface area (Å²) in [7, 11) is 0. The van der Waals surface area contributed by atoms with Gasteiger partial charge in [0.15, 0.2) is 0 Å². The van der Waals surface area contributed by atoms with Crippen LogP contribution in [0.5, 0.6) is 0 Å². The first kappa shape index (κ1) is 15.7. The van der Waals surface area contributed by atoms with Crippen LogP contribution in [0.15, 0.2) is 36.7 Å². The number of anilines is 1. The second-order valence-corrected chi connectivity index (χ2v) is 5.87. The fourth-order valence-corrected chi connectivity index (χ4v) is 2.55. The molecule has 0 atom stereocenters. The Morgan fingerprint density at radius 2 is 2.09 bits per heavy atom. The van der Waals surface area contributed by atoms with E-state index in [4.69, 9.17) is 11.6 Å². The van der Waals surface area contributed by atoms with E-state index in [9.17, 15) is 9.18 Å². The number of benzene rings is 1. The number of nitrogens with one attached hydrogen (secondary N) is 1. The van der Waals surface area contributed by atoms with Gasteiger partial charge in [-0.15, -0.1) is 0 Å². The van der Waals surface area contributed by atoms with Crippen LogP contribution in [-0.4, -0.2) is 39.9 Å². The minimum Gasteiger partial charge on any atom is -0.348 e. The zero-order valence-corrected chi connectivity index (χ0v) is 13.1. The lowest BCUT2D eigenvalue weighted by molar-refractivity contribution is -0.135. The third kappa shape index (κ3) is 3.96. The van der Waals surface area contributed by atoms with E-state index in [-0.39, 0.29) is 17.0 Å². The molecular weight excluding hydrogens is 319 g/mol. The standard InChI is InChI=1S/C16H16ClFN4O/c17-13-4-2-11(8-14(13)18)3-5-15(23)22-9-12(10-22)21-16-19-6-1-7-20-16/h1-2,4,6-8,12H,3,5,9-10H2,(H,19,20,21). The Bertz CT molecular complexity index is 692. The van der Waals surface area contributed by atoms with Crippen molar-refractivity contribution in [2.24, 2.45) is 0 Å². The molecule has 1 amide bonds. The van der Waals surface area contributed by atoms with Crippen molar-refractivity contribution in [1.29, 1.82) is 0 Å². The first-order valence-electron chi connectivity index (χ1n) is 7.37. The van der Waals surface area contributed by atoms with Crippen molar-refractivity contribution in [3.8, 4) is 0 Å². The molecule has 120 valence electrons. The number of hydrogen-bond donors (Lipinski definition) is 1. The molecule has 23 heavy (non-hydrogen) atoms. The Morgan fingerprint density at radius 3 is 2.78 bits per heavy atom. The van der Waals surface area contributed by atoms with Crippen molar-refractivity contribution < 1.29 is 9.18 Å². The topological polar surface area (TPSA) is 58.1 Å². The Hall–Kier alpha value is -2.21. The van der Waals surface area contributed by atoms with Crippen LogP contribution in [0.3, 0.4) is 0 Å². The molecule has 3 rings (SSSR count). The molecule has 1 N–H and O–H groups in total. The van der Waals surface area contributed by atoms with E-state index in [0.717, 1.165) is 5.56 Å². The number of amides is 1. The molecular formula is C16H16ClFN4O. The molecule has 7 heteroatoms. The van der Waals surface area contributed by atoms with Crippen LogP contribution in [0.25, 0.3) is 0 Å². The van der Waals surface area contributed by atoms with Crippen molar-refractivity contribution in [2.45, 2.75) is 18.9 Å². The molecule has 5 nitrogen and oxygen atoms in total. The van der Waals surface area contributed by atoms with E-state index in [1.165, 1.54) is 12.1 Å². The normalized spacial score (nSPS) is 14.4. The van der Waals surface area contributed by atoms with Crippen LogP contribution in [0, 0.1) is 5.82 Å². The van der Waals surface area contributed by atoms with Crippen LogP contribution in [0.4, 0.5) is 10.3 Å². The van der Waals surface area contributed by atoms with Gasteiger partial charge in [0.1, 0.15) is 5.82 Å². The van der Waals surface area contributed by atoms with Crippen molar-refractivity contribution in [3.05, 3.63) is 53.1 Å². The minimum absolute atomic E-state index is 0.0624. The number of likely N-dealkylation sites (tertiary alicyclic amines) is 1. The lowest BCUT2D eigenvalue weighted by Crippen LogP contribution is -2.57. The number of halogens is 2. The maximum Gasteiger partial charge on any atom is 0.223 e. The second kappa shape index (κ2) is 6.91. The molecule has 1 aliphatic heterocycles. The number of nitrogens with zero attached hydrogens (tertiary/aromatic N) is 3. The van der Waals surface area contributed by atoms with E-state index in [1.807, 2.05) is 0 Å². The highest BCUT2D eigenvalue weighted by molar-refractivity contribution is 6.30. The van der Waals surface area contributed by atoms with Crippen LogP contribution >= 0.6 is 11.6 Å². The summed E-state index contributed by atoms with van der Waals surface area (Å²) < 4.78 is 13.4. The van der Waals surface area contributed by atoms with E-state index in [1.54, 1.807) is 29.4 Å². The average Bonchev–Trinajstić information content (AvgIpc) is 2.52. The molecule has 1 saturated heterocycles. The largest absolute Gasteiger partial charge is 0.348 e. The Kier molecular flexibility index (Phi) is 4.71. The zero-order chi connectivity index (χ0) is 16.2. The van der Waals surface area contributed by atoms with Gasteiger partial charge in [-0.25, -0.2) is 14.4 Å². The Balaban J connectivity index is 1.43. The smallest absolute Gasteiger partial charge is 0.223 e. The van der Waals surface area contributed by atoms with Crippen molar-refractivity contribution >= 4 is 23.5 Å². The van der Waals surface area contributed by atoms with E-state index < -0.39 is 5.82 Å². The quantitative estimate of drug-likeness (QED) is 0.913. The molecule has 0 bridgehead atoms. The SMILES string of the molecule is O=C(CCc1ccc(Cl)c(F)c1)N1CC(Nc2ncccn2)C1. The predicted octanol–water partition coefficient (Wildman–Crippen LogP) is 2.52. The lowest BCUT2D eigenvalue weighted by Gasteiger charge is -2.39. The van der Waals surface area contributed by atoms with Crippen LogP contribution in [-0.2, 0) is 11.2 Å². The van der Waals surface area contributed by atoms with Gasteiger partial charge < -0.3 is 10.2 Å². The van der Waals surface area contributed by atoms with Gasteiger partial charge in [-0.1, -0.05) is 17.7 Å². The summed E-state index contributed by atoms with van der Waals surface area (Å²) >= 11 is 5.64. The third-order valence-electron chi connectivity index (χ3n) is 3.74. The molecule has 0 radical (unpaired) electrons. The van der Waals surface area contributed by atoms with E-state index in [2.05, 4.69) is 15.3 Å². The highest BCUT2D eigenvalue weighted by Gasteiger charge is 2.30. The van der Waals surface area contributed by atoms with Crippen molar-refractivity contribution in [2.75, 3.05) is 18.4 Å². The summed E-state index contributed by atoms with van der Waals surface area (Å²) in [5, 5.41) is 3.27. The Morgan fingerprint density at radius 1 is 1.35 bits per heavy atom. The van der Waals surface area contributed by atoms with Crippen LogP contribution in [0.1, 0.15) is 12.0 Å². The summed E-state index contributed by atoms with van der Waals surface area (Å²) in [4.78, 5) is 22.0. The molecule has 0 saturated carbocycles. The number of aromatic nitrogens is 2. The van der Waals surface area contributed by atoms with Crippen LogP contribution in [0.2, 0.25) is 5.02 Å². The van der Waals surface area contributed by atoms with Crippen molar-refractivity contribution in [3.63, 3.8) is 0 Å². The van der Waals surface area contributed by atoms with Crippen LogP contribution < -0.4 is 5.32 Å². The monoisotopic (exact) mass is 334 g/mol. The number of hydrogen-bond acceptors (Lipinski definition) is 4. The minimum atomic E-state index is -0.451. The fourth-order valence-electron chi connectivity index (χ4n) is 2.43. The van der Waals surface area contributed by atoms with Crippen molar-refractivity contribution in [1.82, 2.24) is 14.9 Å². The fraction of sp³-hybridized carbons (Fsp3) is 0.312. The molecule has 2 heterocycles. The Labute approximate surface area is 138 Å². The highest BCUT2D eigenvalue weighted by atomic mass is 35.5. The zero-order valence-electron chi connectivity index (χ0n) is 12.4. The third-order valence-corrected chi connectivity index (χ3v) is 4.05. The summed E-state index contributed by atoms with van der Waals surface area (Å²) in [6, 6.07) is 6.56. The second-order valence-electron chi connectivity index (χ2n) is 5.46. The molecule has 1 aliphatic rings. The van der Waals surface area contributed by atoms with E-state index in [0.29, 0.717) is 31.9 Å². The van der Waals surface area contributed by atoms with Gasteiger partial charge in [0, 0.05) is 31.9 Å². The first-order chi connectivity index (χ1) is 11.1. The summed E-state index contributed by atoms with van der Waals surface area (Å²) in [6.45, 7) is 1.26. The molecule has 0 spiro atoms. The average molecular weight is 335 g/mol. The maximum atomic E-state index is 13.4. The maximum absolute atomic E-state index is 13.4. The molecule has 1 aromatic carbocycles. The van der Waals surface area contributed by atoms with Gasteiger partial charge in [-0.3, -0.25) is 4.79 Å². The van der Waals surface area contributed by atoms with Gasteiger partial charge in [-0.05, 0) is 30.2 Å². The van der Waals surface area contributed by atoms with Gasteiger partial charge in [0.05, 0.1) is 11.1 Å².